The first-order valence-electron chi connectivity index (χ1n) is 10.2. The van der Waals surface area contributed by atoms with Crippen molar-refractivity contribution in [3.8, 4) is 11.4 Å². The van der Waals surface area contributed by atoms with Crippen LogP contribution in [0.3, 0.4) is 0 Å². The van der Waals surface area contributed by atoms with Crippen LogP contribution in [0.1, 0.15) is 16.8 Å². The molecule has 4 aromatic rings. The van der Waals surface area contributed by atoms with Crippen LogP contribution in [-0.2, 0) is 19.6 Å². The normalized spacial score (nSPS) is 11.1. The summed E-state index contributed by atoms with van der Waals surface area (Å²) in [4.78, 5) is 9.37. The molecule has 0 saturated carbocycles. The van der Waals surface area contributed by atoms with E-state index in [4.69, 9.17) is 9.72 Å². The van der Waals surface area contributed by atoms with Gasteiger partial charge in [-0.05, 0) is 55.6 Å². The Labute approximate surface area is 187 Å². The summed E-state index contributed by atoms with van der Waals surface area (Å²) in [6.45, 7) is 2.33. The number of hydrogen-bond acceptors (Lipinski definition) is 6. The number of ether oxygens (including phenoxy) is 1. The number of anilines is 1. The number of methoxy groups -OCH3 is 1. The largest absolute Gasteiger partial charge is 0.497 e. The van der Waals surface area contributed by atoms with Crippen LogP contribution in [0.25, 0.3) is 5.69 Å². The van der Waals surface area contributed by atoms with Gasteiger partial charge in [0, 0.05) is 37.4 Å². The predicted molar refractivity (Wildman–Crippen MR) is 126 cm³/mol. The highest BCUT2D eigenvalue weighted by molar-refractivity contribution is 7.13. The van der Waals surface area contributed by atoms with Crippen LogP contribution in [0.4, 0.5) is 5.13 Å². The van der Waals surface area contributed by atoms with Gasteiger partial charge in [0.1, 0.15) is 5.75 Å². The van der Waals surface area contributed by atoms with E-state index in [9.17, 15) is 0 Å². The van der Waals surface area contributed by atoms with Crippen molar-refractivity contribution in [2.24, 2.45) is 0 Å². The van der Waals surface area contributed by atoms with Crippen molar-refractivity contribution in [2.45, 2.75) is 19.6 Å². The molecule has 0 N–H and O–H groups in total. The molecule has 0 aliphatic heterocycles. The second kappa shape index (κ2) is 9.76. The van der Waals surface area contributed by atoms with E-state index in [-0.39, 0.29) is 0 Å². The minimum absolute atomic E-state index is 0.748. The fourth-order valence-electron chi connectivity index (χ4n) is 3.46. The molecule has 0 aliphatic carbocycles. The molecule has 0 aliphatic rings. The molecule has 7 heteroatoms. The molecule has 160 valence electrons. The molecule has 2 heterocycles. The van der Waals surface area contributed by atoms with Gasteiger partial charge in [0.2, 0.25) is 0 Å². The molecule has 0 radical (unpaired) electrons. The Morgan fingerprint density at radius 3 is 2.45 bits per heavy atom. The Morgan fingerprint density at radius 2 is 1.74 bits per heavy atom. The average molecular weight is 434 g/mol. The van der Waals surface area contributed by atoms with Crippen molar-refractivity contribution in [1.82, 2.24) is 19.7 Å². The zero-order chi connectivity index (χ0) is 21.6. The van der Waals surface area contributed by atoms with E-state index in [2.05, 4.69) is 70.8 Å². The Morgan fingerprint density at radius 1 is 0.968 bits per heavy atom. The van der Waals surface area contributed by atoms with Gasteiger partial charge in [-0.1, -0.05) is 24.3 Å². The predicted octanol–water partition coefficient (Wildman–Crippen LogP) is 4.61. The minimum atomic E-state index is 0.748. The van der Waals surface area contributed by atoms with Crippen molar-refractivity contribution in [3.63, 3.8) is 0 Å². The fourth-order valence-corrected chi connectivity index (χ4v) is 4.28. The molecule has 6 nitrogen and oxygen atoms in total. The maximum absolute atomic E-state index is 5.42. The van der Waals surface area contributed by atoms with E-state index in [1.165, 1.54) is 11.1 Å². The minimum Gasteiger partial charge on any atom is -0.497 e. The third-order valence-corrected chi connectivity index (χ3v) is 5.80. The molecule has 31 heavy (non-hydrogen) atoms. The van der Waals surface area contributed by atoms with E-state index < -0.39 is 0 Å². The second-order valence-electron chi connectivity index (χ2n) is 7.69. The summed E-state index contributed by atoms with van der Waals surface area (Å²) in [7, 11) is 5.83. The lowest BCUT2D eigenvalue weighted by Crippen LogP contribution is -2.22. The fraction of sp³-hybridized carbons (Fsp3) is 0.250. The SMILES string of the molecule is COc1cccc(CN(Cc2cccc(-n3cccn3)c2)c2nc(CN(C)C)cs2)c1. The molecule has 0 amide bonds. The lowest BCUT2D eigenvalue weighted by atomic mass is 10.1. The highest BCUT2D eigenvalue weighted by Crippen LogP contribution is 2.26. The summed E-state index contributed by atoms with van der Waals surface area (Å²) in [5.41, 5.74) is 4.54. The van der Waals surface area contributed by atoms with Crippen LogP contribution in [0.2, 0.25) is 0 Å². The molecule has 2 aromatic heterocycles. The van der Waals surface area contributed by atoms with Crippen LogP contribution < -0.4 is 9.64 Å². The Hall–Kier alpha value is -3.16. The van der Waals surface area contributed by atoms with Gasteiger partial charge < -0.3 is 14.5 Å². The number of thiazole rings is 1. The number of aromatic nitrogens is 3. The van der Waals surface area contributed by atoms with Gasteiger partial charge in [0.05, 0.1) is 18.5 Å². The summed E-state index contributed by atoms with van der Waals surface area (Å²) < 4.78 is 7.30. The first-order chi connectivity index (χ1) is 15.1. The lowest BCUT2D eigenvalue weighted by molar-refractivity contribution is 0.398. The zero-order valence-corrected chi connectivity index (χ0v) is 18.9. The number of rotatable bonds is 9. The summed E-state index contributed by atoms with van der Waals surface area (Å²) in [6.07, 6.45) is 3.76. The molecular formula is C24H27N5OS. The average Bonchev–Trinajstić information content (AvgIpc) is 3.46. The van der Waals surface area contributed by atoms with E-state index in [0.717, 1.165) is 41.9 Å². The van der Waals surface area contributed by atoms with Crippen molar-refractivity contribution in [2.75, 3.05) is 26.1 Å². The molecule has 0 saturated heterocycles. The smallest absolute Gasteiger partial charge is 0.186 e. The van der Waals surface area contributed by atoms with Crippen LogP contribution in [0, 0.1) is 0 Å². The van der Waals surface area contributed by atoms with Crippen molar-refractivity contribution >= 4 is 16.5 Å². The number of nitrogens with zero attached hydrogens (tertiary/aromatic N) is 5. The zero-order valence-electron chi connectivity index (χ0n) is 18.1. The molecule has 4 rings (SSSR count). The van der Waals surface area contributed by atoms with Crippen molar-refractivity contribution in [1.29, 1.82) is 0 Å². The first-order valence-corrected chi connectivity index (χ1v) is 11.0. The van der Waals surface area contributed by atoms with E-state index in [0.29, 0.717) is 0 Å². The van der Waals surface area contributed by atoms with Gasteiger partial charge >= 0.3 is 0 Å². The third-order valence-electron chi connectivity index (χ3n) is 4.85. The monoisotopic (exact) mass is 433 g/mol. The maximum Gasteiger partial charge on any atom is 0.186 e. The second-order valence-corrected chi connectivity index (χ2v) is 8.52. The molecular weight excluding hydrogens is 406 g/mol. The van der Waals surface area contributed by atoms with Gasteiger partial charge in [-0.3, -0.25) is 0 Å². The Balaban J connectivity index is 1.62. The first kappa shape index (κ1) is 21.1. The van der Waals surface area contributed by atoms with Gasteiger partial charge in [-0.15, -0.1) is 11.3 Å². The highest BCUT2D eigenvalue weighted by Gasteiger charge is 2.14. The summed E-state index contributed by atoms with van der Waals surface area (Å²) in [6, 6.07) is 18.6. The summed E-state index contributed by atoms with van der Waals surface area (Å²) in [5.74, 6) is 0.866. The summed E-state index contributed by atoms with van der Waals surface area (Å²) in [5, 5.41) is 7.52. The molecule has 0 unspecified atom stereocenters. The van der Waals surface area contributed by atoms with E-state index >= 15 is 0 Å². The molecule has 0 fully saturated rings. The number of hydrogen-bond donors (Lipinski definition) is 0. The standard InChI is InChI=1S/C24H27N5OS/c1-27(2)17-21-18-31-24(26-21)28(16-20-8-5-10-23(14-20)30-3)15-19-7-4-9-22(13-19)29-12-6-11-25-29/h4-14,18H,15-17H2,1-3H3. The number of benzene rings is 2. The van der Waals surface area contributed by atoms with Gasteiger partial charge in [-0.2, -0.15) is 5.10 Å². The Bertz CT molecular complexity index is 1110. The Kier molecular flexibility index (Phi) is 6.64. The molecule has 0 spiro atoms. The highest BCUT2D eigenvalue weighted by atomic mass is 32.1. The molecule has 0 atom stereocenters. The van der Waals surface area contributed by atoms with E-state index in [1.807, 2.05) is 29.1 Å². The van der Waals surface area contributed by atoms with Gasteiger partial charge in [-0.25, -0.2) is 9.67 Å². The maximum atomic E-state index is 5.42. The quantitative estimate of drug-likeness (QED) is 0.386. The van der Waals surface area contributed by atoms with Crippen molar-refractivity contribution < 1.29 is 4.74 Å². The van der Waals surface area contributed by atoms with E-state index in [1.54, 1.807) is 24.6 Å². The van der Waals surface area contributed by atoms with Gasteiger partial charge in [0.25, 0.3) is 0 Å². The van der Waals surface area contributed by atoms with Crippen molar-refractivity contribution in [3.05, 3.63) is 89.2 Å². The van der Waals surface area contributed by atoms with Crippen LogP contribution >= 0.6 is 11.3 Å². The molecule has 0 bridgehead atoms. The lowest BCUT2D eigenvalue weighted by Gasteiger charge is -2.23. The third kappa shape index (κ3) is 5.51. The van der Waals surface area contributed by atoms with Crippen LogP contribution in [-0.4, -0.2) is 40.9 Å². The van der Waals surface area contributed by atoms with Crippen LogP contribution in [0.5, 0.6) is 5.75 Å². The topological polar surface area (TPSA) is 46.4 Å². The van der Waals surface area contributed by atoms with Gasteiger partial charge in [0.15, 0.2) is 5.13 Å². The summed E-state index contributed by atoms with van der Waals surface area (Å²) >= 11 is 1.69. The van der Waals surface area contributed by atoms with Crippen LogP contribution in [0.15, 0.2) is 72.4 Å². The molecule has 2 aromatic carbocycles.